The number of hydrogen-bond acceptors (Lipinski definition) is 3. The predicted octanol–water partition coefficient (Wildman–Crippen LogP) is 1.76. The van der Waals surface area contributed by atoms with Crippen molar-refractivity contribution in [2.75, 3.05) is 39.2 Å². The van der Waals surface area contributed by atoms with Crippen molar-refractivity contribution in [1.82, 2.24) is 4.90 Å². The Balaban J connectivity index is 2.27. The lowest BCUT2D eigenvalue weighted by Gasteiger charge is -2.12. The molecule has 1 aromatic carbocycles. The van der Waals surface area contributed by atoms with Crippen LogP contribution in [0.3, 0.4) is 0 Å². The minimum absolute atomic E-state index is 0.110. The first-order valence-corrected chi connectivity index (χ1v) is 5.92. The topological polar surface area (TPSA) is 41.6 Å². The largest absolute Gasteiger partial charge is 0.383 e. The number of amides is 1. The maximum absolute atomic E-state index is 11.6. The highest BCUT2D eigenvalue weighted by Crippen LogP contribution is 2.04. The number of nitrogens with zero attached hydrogens (tertiary/aromatic N) is 1. The molecule has 0 aromatic heterocycles. The van der Waals surface area contributed by atoms with Crippen molar-refractivity contribution in [1.29, 1.82) is 0 Å². The number of methoxy groups -OCH3 is 1. The Morgan fingerprint density at radius 3 is 2.78 bits per heavy atom. The number of rotatable bonds is 7. The van der Waals surface area contributed by atoms with Crippen LogP contribution in [0.15, 0.2) is 42.5 Å². The summed E-state index contributed by atoms with van der Waals surface area (Å²) < 4.78 is 4.97. The summed E-state index contributed by atoms with van der Waals surface area (Å²) in [6, 6.07) is 9.40. The molecular formula is C14H20N2O2. The summed E-state index contributed by atoms with van der Waals surface area (Å²) in [6.07, 6.45) is 3.39. The van der Waals surface area contributed by atoms with Crippen LogP contribution in [0.2, 0.25) is 0 Å². The second kappa shape index (κ2) is 8.44. The molecule has 0 radical (unpaired) electrons. The molecule has 18 heavy (non-hydrogen) atoms. The second-order valence-electron chi connectivity index (χ2n) is 4.01. The molecule has 0 saturated carbocycles. The number of ether oxygens (including phenoxy) is 1. The van der Waals surface area contributed by atoms with Gasteiger partial charge in [-0.3, -0.25) is 4.79 Å². The van der Waals surface area contributed by atoms with E-state index in [4.69, 9.17) is 4.74 Å². The van der Waals surface area contributed by atoms with E-state index in [1.54, 1.807) is 13.2 Å². The quantitative estimate of drug-likeness (QED) is 0.748. The van der Waals surface area contributed by atoms with Crippen LogP contribution in [0.4, 0.5) is 5.69 Å². The molecule has 1 amide bonds. The summed E-state index contributed by atoms with van der Waals surface area (Å²) in [4.78, 5) is 13.6. The van der Waals surface area contributed by atoms with Gasteiger partial charge in [0.25, 0.3) is 0 Å². The average Bonchev–Trinajstić information content (AvgIpc) is 2.37. The van der Waals surface area contributed by atoms with Gasteiger partial charge >= 0.3 is 0 Å². The van der Waals surface area contributed by atoms with Crippen molar-refractivity contribution < 1.29 is 9.53 Å². The van der Waals surface area contributed by atoms with E-state index in [2.05, 4.69) is 10.2 Å². The third-order valence-corrected chi connectivity index (χ3v) is 2.40. The summed E-state index contributed by atoms with van der Waals surface area (Å²) in [6.45, 7) is 2.27. The zero-order chi connectivity index (χ0) is 13.2. The van der Waals surface area contributed by atoms with Crippen molar-refractivity contribution in [3.8, 4) is 0 Å². The number of carbonyl (C=O) groups excluding carboxylic acids is 1. The summed E-state index contributed by atoms with van der Waals surface area (Å²) in [5.74, 6) is -0.110. The molecule has 0 saturated heterocycles. The Hall–Kier alpha value is -1.65. The molecule has 1 aromatic rings. The van der Waals surface area contributed by atoms with E-state index < -0.39 is 0 Å². The summed E-state index contributed by atoms with van der Waals surface area (Å²) >= 11 is 0. The van der Waals surface area contributed by atoms with Gasteiger partial charge in [-0.25, -0.2) is 0 Å². The van der Waals surface area contributed by atoms with E-state index in [0.29, 0.717) is 6.61 Å². The molecule has 0 bridgehead atoms. The minimum atomic E-state index is -0.110. The van der Waals surface area contributed by atoms with Gasteiger partial charge in [0.2, 0.25) is 5.91 Å². The minimum Gasteiger partial charge on any atom is -0.383 e. The van der Waals surface area contributed by atoms with Crippen LogP contribution in [0.5, 0.6) is 0 Å². The molecule has 0 atom stereocenters. The van der Waals surface area contributed by atoms with Gasteiger partial charge in [0.1, 0.15) is 0 Å². The first kappa shape index (κ1) is 14.4. The van der Waals surface area contributed by atoms with Gasteiger partial charge in [-0.15, -0.1) is 0 Å². The highest BCUT2D eigenvalue weighted by atomic mass is 16.5. The van der Waals surface area contributed by atoms with E-state index in [1.165, 1.54) is 0 Å². The summed E-state index contributed by atoms with van der Waals surface area (Å²) in [7, 11) is 3.66. The Bertz CT molecular complexity index is 377. The van der Waals surface area contributed by atoms with Crippen molar-refractivity contribution >= 4 is 11.6 Å². The van der Waals surface area contributed by atoms with Crippen LogP contribution in [0, 0.1) is 0 Å². The van der Waals surface area contributed by atoms with Crippen LogP contribution in [0.1, 0.15) is 0 Å². The van der Waals surface area contributed by atoms with E-state index in [1.807, 2.05) is 43.5 Å². The number of hydrogen-bond donors (Lipinski definition) is 1. The van der Waals surface area contributed by atoms with Crippen LogP contribution in [-0.4, -0.2) is 44.7 Å². The number of anilines is 1. The van der Waals surface area contributed by atoms with Crippen molar-refractivity contribution in [2.24, 2.45) is 0 Å². The van der Waals surface area contributed by atoms with E-state index in [0.717, 1.165) is 18.8 Å². The molecular weight excluding hydrogens is 228 g/mol. The SMILES string of the molecule is COCCN(C)C/C=C/C(=O)Nc1ccccc1. The fourth-order valence-electron chi connectivity index (χ4n) is 1.38. The van der Waals surface area contributed by atoms with Gasteiger partial charge in [-0.05, 0) is 19.2 Å². The third kappa shape index (κ3) is 6.18. The fraction of sp³-hybridized carbons (Fsp3) is 0.357. The normalized spacial score (nSPS) is 11.1. The zero-order valence-corrected chi connectivity index (χ0v) is 10.9. The lowest BCUT2D eigenvalue weighted by molar-refractivity contribution is -0.111. The van der Waals surface area contributed by atoms with Crippen molar-refractivity contribution in [2.45, 2.75) is 0 Å². The molecule has 0 aliphatic rings. The lowest BCUT2D eigenvalue weighted by atomic mass is 10.3. The molecule has 4 nitrogen and oxygen atoms in total. The number of nitrogens with one attached hydrogen (secondary N) is 1. The van der Waals surface area contributed by atoms with Gasteiger partial charge in [0, 0.05) is 32.0 Å². The fourth-order valence-corrected chi connectivity index (χ4v) is 1.38. The second-order valence-corrected chi connectivity index (χ2v) is 4.01. The maximum Gasteiger partial charge on any atom is 0.248 e. The summed E-state index contributed by atoms with van der Waals surface area (Å²) in [5.41, 5.74) is 0.805. The molecule has 1 rings (SSSR count). The molecule has 0 fully saturated rings. The average molecular weight is 248 g/mol. The smallest absolute Gasteiger partial charge is 0.248 e. The van der Waals surface area contributed by atoms with Crippen LogP contribution < -0.4 is 5.32 Å². The number of para-hydroxylation sites is 1. The van der Waals surface area contributed by atoms with E-state index in [-0.39, 0.29) is 5.91 Å². The summed E-state index contributed by atoms with van der Waals surface area (Å²) in [5, 5.41) is 2.79. The van der Waals surface area contributed by atoms with Gasteiger partial charge in [0.15, 0.2) is 0 Å². The molecule has 0 heterocycles. The van der Waals surface area contributed by atoms with Crippen LogP contribution in [-0.2, 0) is 9.53 Å². The van der Waals surface area contributed by atoms with Gasteiger partial charge in [-0.2, -0.15) is 0 Å². The number of carbonyl (C=O) groups is 1. The van der Waals surface area contributed by atoms with E-state index in [9.17, 15) is 4.79 Å². The molecule has 4 heteroatoms. The van der Waals surface area contributed by atoms with Gasteiger partial charge in [-0.1, -0.05) is 24.3 Å². The Morgan fingerprint density at radius 1 is 1.39 bits per heavy atom. The third-order valence-electron chi connectivity index (χ3n) is 2.40. The zero-order valence-electron chi connectivity index (χ0n) is 10.9. The van der Waals surface area contributed by atoms with Crippen LogP contribution >= 0.6 is 0 Å². The Labute approximate surface area is 108 Å². The van der Waals surface area contributed by atoms with Gasteiger partial charge < -0.3 is 15.0 Å². The molecule has 0 spiro atoms. The maximum atomic E-state index is 11.6. The Kier molecular flexibility index (Phi) is 6.76. The van der Waals surface area contributed by atoms with Crippen LogP contribution in [0.25, 0.3) is 0 Å². The van der Waals surface area contributed by atoms with Gasteiger partial charge in [0.05, 0.1) is 6.61 Å². The van der Waals surface area contributed by atoms with Crippen molar-refractivity contribution in [3.63, 3.8) is 0 Å². The van der Waals surface area contributed by atoms with Crippen molar-refractivity contribution in [3.05, 3.63) is 42.5 Å². The lowest BCUT2D eigenvalue weighted by Crippen LogP contribution is -2.23. The van der Waals surface area contributed by atoms with E-state index >= 15 is 0 Å². The first-order chi connectivity index (χ1) is 8.72. The number of likely N-dealkylation sites (N-methyl/N-ethyl adjacent to an activating group) is 1. The Morgan fingerprint density at radius 2 is 2.11 bits per heavy atom. The molecule has 98 valence electrons. The molecule has 0 aliphatic carbocycles. The highest BCUT2D eigenvalue weighted by molar-refractivity contribution is 5.99. The molecule has 1 N–H and O–H groups in total. The predicted molar refractivity (Wildman–Crippen MR) is 73.6 cm³/mol. The number of benzene rings is 1. The monoisotopic (exact) mass is 248 g/mol. The molecule has 0 unspecified atom stereocenters. The standard InChI is InChI=1S/C14H20N2O2/c1-16(11-12-18-2)10-6-9-14(17)15-13-7-4-3-5-8-13/h3-9H,10-12H2,1-2H3,(H,15,17)/b9-6+. The molecule has 0 aliphatic heterocycles. The first-order valence-electron chi connectivity index (χ1n) is 5.92. The highest BCUT2D eigenvalue weighted by Gasteiger charge is 1.97.